The van der Waals surface area contributed by atoms with Gasteiger partial charge in [0.25, 0.3) is 5.56 Å². The summed E-state index contributed by atoms with van der Waals surface area (Å²) in [5.74, 6) is 1.18. The summed E-state index contributed by atoms with van der Waals surface area (Å²) in [5, 5.41) is 13.7. The molecule has 0 saturated heterocycles. The van der Waals surface area contributed by atoms with Crippen LogP contribution in [0.3, 0.4) is 0 Å². The Bertz CT molecular complexity index is 844. The first-order valence-electron chi connectivity index (χ1n) is 6.49. The van der Waals surface area contributed by atoms with Crippen molar-refractivity contribution in [1.82, 2.24) is 4.57 Å². The van der Waals surface area contributed by atoms with E-state index >= 15 is 0 Å². The van der Waals surface area contributed by atoms with E-state index in [1.807, 2.05) is 21.2 Å². The second-order valence-electron chi connectivity index (χ2n) is 4.86. The van der Waals surface area contributed by atoms with Gasteiger partial charge >= 0.3 is 0 Å². The van der Waals surface area contributed by atoms with Crippen LogP contribution in [-0.2, 0) is 12.6 Å². The molecule has 0 bridgehead atoms. The molecular formula is C16H12F2INO2S. The van der Waals surface area contributed by atoms with E-state index in [9.17, 15) is 18.7 Å². The third-order valence-electron chi connectivity index (χ3n) is 3.40. The normalized spacial score (nSPS) is 13.1. The van der Waals surface area contributed by atoms with Crippen LogP contribution in [0.4, 0.5) is 8.78 Å². The first-order valence-corrected chi connectivity index (χ1v) is 9.85. The molecular weight excluding hydrogens is 435 g/mol. The van der Waals surface area contributed by atoms with Crippen molar-refractivity contribution in [1.29, 1.82) is 0 Å². The zero-order chi connectivity index (χ0) is 17.0. The summed E-state index contributed by atoms with van der Waals surface area (Å²) in [6.45, 7) is 0. The average molecular weight is 447 g/mol. The molecule has 7 heteroatoms. The maximum atomic E-state index is 14.2. The van der Waals surface area contributed by atoms with Crippen LogP contribution in [0, 0.1) is 22.8 Å². The van der Waals surface area contributed by atoms with Crippen LogP contribution in [0.15, 0.2) is 41.3 Å². The fourth-order valence-corrected chi connectivity index (χ4v) is 2.85. The van der Waals surface area contributed by atoms with Crippen LogP contribution in [0.1, 0.15) is 17.5 Å². The Balaban J connectivity index is 2.72. The lowest BCUT2D eigenvalue weighted by atomic mass is 9.84. The number of nitrogens with zero attached hydrogens (tertiary/aromatic N) is 1. The molecule has 3 nitrogen and oxygen atoms in total. The summed E-state index contributed by atoms with van der Waals surface area (Å²) in [7, 11) is 2.71. The van der Waals surface area contributed by atoms with Gasteiger partial charge in [0, 0.05) is 46.4 Å². The Morgan fingerprint density at radius 3 is 2.78 bits per heavy atom. The van der Waals surface area contributed by atoms with Crippen LogP contribution < -0.4 is 5.56 Å². The predicted molar refractivity (Wildman–Crippen MR) is 95.0 cm³/mol. The summed E-state index contributed by atoms with van der Waals surface area (Å²) >= 11 is 1.95. The summed E-state index contributed by atoms with van der Waals surface area (Å²) in [5.41, 5.74) is -2.90. The SMILES string of the molecule is Cn1cccc(C(O)(CC#CSI)c2cc(F)ccc2F)c1=O. The van der Waals surface area contributed by atoms with Crippen LogP contribution in [-0.4, -0.2) is 9.67 Å². The molecule has 1 unspecified atom stereocenters. The molecule has 1 aromatic carbocycles. The second kappa shape index (κ2) is 7.47. The monoisotopic (exact) mass is 447 g/mol. The highest BCUT2D eigenvalue weighted by atomic mass is 127. The lowest BCUT2D eigenvalue weighted by Gasteiger charge is -2.27. The number of rotatable bonds is 3. The van der Waals surface area contributed by atoms with E-state index in [2.05, 4.69) is 11.2 Å². The third-order valence-corrected chi connectivity index (χ3v) is 4.28. The van der Waals surface area contributed by atoms with Crippen LogP contribution in [0.5, 0.6) is 0 Å². The van der Waals surface area contributed by atoms with Gasteiger partial charge in [-0.1, -0.05) is 5.92 Å². The summed E-state index contributed by atoms with van der Waals surface area (Å²) < 4.78 is 29.0. The predicted octanol–water partition coefficient (Wildman–Crippen LogP) is 3.33. The third kappa shape index (κ3) is 3.76. The molecule has 1 N–H and O–H groups in total. The van der Waals surface area contributed by atoms with Crippen molar-refractivity contribution in [2.75, 3.05) is 0 Å². The minimum atomic E-state index is -2.04. The standard InChI is InChI=1S/C16H12F2INO2S/c1-20-8-2-4-12(15(20)21)16(22,7-3-9-23-19)13-10-11(17)5-6-14(13)18/h2,4-6,8,10,22H,7H2,1H3. The lowest BCUT2D eigenvalue weighted by Crippen LogP contribution is -2.36. The first-order chi connectivity index (χ1) is 10.9. The molecule has 0 fully saturated rings. The molecule has 0 saturated carbocycles. The first kappa shape index (κ1) is 18.0. The van der Waals surface area contributed by atoms with Crippen molar-refractivity contribution in [3.63, 3.8) is 0 Å². The van der Waals surface area contributed by atoms with E-state index in [4.69, 9.17) is 0 Å². The Hall–Kier alpha value is -1.37. The number of aromatic nitrogens is 1. The maximum Gasteiger partial charge on any atom is 0.256 e. The van der Waals surface area contributed by atoms with Crippen molar-refractivity contribution in [2.45, 2.75) is 12.0 Å². The molecule has 23 heavy (non-hydrogen) atoms. The topological polar surface area (TPSA) is 42.2 Å². The maximum absolute atomic E-state index is 14.2. The van der Waals surface area contributed by atoms with Crippen molar-refractivity contribution in [3.8, 4) is 11.2 Å². The van der Waals surface area contributed by atoms with Gasteiger partial charge in [-0.05, 0) is 44.5 Å². The van der Waals surface area contributed by atoms with E-state index < -0.39 is 22.8 Å². The molecule has 0 aliphatic rings. The van der Waals surface area contributed by atoms with Crippen LogP contribution >= 0.6 is 30.1 Å². The molecule has 0 aliphatic heterocycles. The Morgan fingerprint density at radius 1 is 1.35 bits per heavy atom. The van der Waals surface area contributed by atoms with Gasteiger partial charge in [0.15, 0.2) is 0 Å². The number of aliphatic hydroxyl groups is 1. The Morgan fingerprint density at radius 2 is 2.09 bits per heavy atom. The largest absolute Gasteiger partial charge is 0.379 e. The number of aryl methyl sites for hydroxylation is 1. The van der Waals surface area contributed by atoms with Gasteiger partial charge in [-0.2, -0.15) is 0 Å². The quantitative estimate of drug-likeness (QED) is 0.580. The van der Waals surface area contributed by atoms with Gasteiger partial charge in [0.1, 0.15) is 17.2 Å². The number of hydrogen-bond donors (Lipinski definition) is 1. The van der Waals surface area contributed by atoms with E-state index in [1.54, 1.807) is 6.07 Å². The van der Waals surface area contributed by atoms with Gasteiger partial charge in [0.2, 0.25) is 0 Å². The Labute approximate surface area is 148 Å². The molecule has 2 rings (SSSR count). The van der Waals surface area contributed by atoms with E-state index in [-0.39, 0.29) is 17.5 Å². The summed E-state index contributed by atoms with van der Waals surface area (Å²) in [6.07, 6.45) is 1.28. The molecule has 1 heterocycles. The van der Waals surface area contributed by atoms with Crippen molar-refractivity contribution in [3.05, 3.63) is 69.6 Å². The van der Waals surface area contributed by atoms with E-state index in [0.29, 0.717) is 0 Å². The highest BCUT2D eigenvalue weighted by Gasteiger charge is 2.36. The van der Waals surface area contributed by atoms with Gasteiger partial charge in [-0.15, -0.1) is 0 Å². The molecule has 1 aromatic heterocycles. The Kier molecular flexibility index (Phi) is 5.84. The zero-order valence-corrected chi connectivity index (χ0v) is 15.0. The molecule has 0 amide bonds. The number of pyridine rings is 1. The fraction of sp³-hybridized carbons (Fsp3) is 0.188. The van der Waals surface area contributed by atoms with Gasteiger partial charge in [-0.3, -0.25) is 4.79 Å². The highest BCUT2D eigenvalue weighted by Crippen LogP contribution is 2.33. The number of halogens is 3. The number of benzene rings is 1. The minimum absolute atomic E-state index is 0.0558. The smallest absolute Gasteiger partial charge is 0.256 e. The zero-order valence-electron chi connectivity index (χ0n) is 12.0. The summed E-state index contributed by atoms with van der Waals surface area (Å²) in [6, 6.07) is 5.71. The van der Waals surface area contributed by atoms with Gasteiger partial charge in [0.05, 0.1) is 5.56 Å². The number of hydrogen-bond acceptors (Lipinski definition) is 3. The molecule has 120 valence electrons. The molecule has 0 aliphatic carbocycles. The van der Waals surface area contributed by atoms with Gasteiger partial charge in [-0.25, -0.2) is 8.78 Å². The molecule has 0 radical (unpaired) electrons. The van der Waals surface area contributed by atoms with Crippen molar-refractivity contribution >= 4 is 30.1 Å². The van der Waals surface area contributed by atoms with Crippen LogP contribution in [0.2, 0.25) is 0 Å². The van der Waals surface area contributed by atoms with E-state index in [0.717, 1.165) is 18.2 Å². The fourth-order valence-electron chi connectivity index (χ4n) is 2.25. The van der Waals surface area contributed by atoms with Gasteiger partial charge < -0.3 is 9.67 Å². The van der Waals surface area contributed by atoms with Crippen molar-refractivity contribution in [2.24, 2.45) is 7.05 Å². The molecule has 0 spiro atoms. The highest BCUT2D eigenvalue weighted by molar-refractivity contribution is 14.2. The molecule has 1 atom stereocenters. The lowest BCUT2D eigenvalue weighted by molar-refractivity contribution is 0.0801. The summed E-state index contributed by atoms with van der Waals surface area (Å²) in [4.78, 5) is 12.3. The minimum Gasteiger partial charge on any atom is -0.379 e. The second-order valence-corrected chi connectivity index (χ2v) is 6.53. The van der Waals surface area contributed by atoms with Crippen molar-refractivity contribution < 1.29 is 13.9 Å². The van der Waals surface area contributed by atoms with E-state index in [1.165, 1.54) is 32.8 Å². The average Bonchev–Trinajstić information content (AvgIpc) is 2.52. The van der Waals surface area contributed by atoms with Crippen LogP contribution in [0.25, 0.3) is 0 Å². The molecule has 2 aromatic rings.